The Bertz CT molecular complexity index is 84.7. The topological polar surface area (TPSA) is 17.1 Å². The summed E-state index contributed by atoms with van der Waals surface area (Å²) in [5.41, 5.74) is 0. The van der Waals surface area contributed by atoms with E-state index in [9.17, 15) is 4.79 Å². The molecule has 0 saturated heterocycles. The molecule has 0 unspecified atom stereocenters. The molecule has 2 atom stereocenters. The molecule has 52 valence electrons. The highest BCUT2D eigenvalue weighted by molar-refractivity contribution is 5.52. The maximum Gasteiger partial charge on any atom is 0.122 e. The van der Waals surface area contributed by atoms with Gasteiger partial charge in [-0.05, 0) is 12.3 Å². The molecule has 0 amide bonds. The van der Waals surface area contributed by atoms with E-state index in [4.69, 9.17) is 0 Å². The molecule has 0 rings (SSSR count). The molecule has 0 aromatic rings. The van der Waals surface area contributed by atoms with Crippen LogP contribution in [-0.4, -0.2) is 6.29 Å². The van der Waals surface area contributed by atoms with E-state index in [2.05, 4.69) is 13.5 Å². The van der Waals surface area contributed by atoms with Gasteiger partial charge in [0.2, 0.25) is 0 Å². The third-order valence-electron chi connectivity index (χ3n) is 1.38. The van der Waals surface area contributed by atoms with Gasteiger partial charge in [0.25, 0.3) is 0 Å². The zero-order valence-electron chi connectivity index (χ0n) is 6.13. The molecule has 0 N–H and O–H groups in total. The molecule has 0 spiro atoms. The molecule has 0 aromatic heterocycles. The lowest BCUT2D eigenvalue weighted by atomic mass is 9.99. The first-order valence-corrected chi connectivity index (χ1v) is 3.28. The highest BCUT2D eigenvalue weighted by Gasteiger charge is 2.02. The minimum atomic E-state index is 0.179. The summed E-state index contributed by atoms with van der Waals surface area (Å²) in [4.78, 5) is 10.1. The van der Waals surface area contributed by atoms with Crippen molar-refractivity contribution in [3.05, 3.63) is 12.7 Å². The summed E-state index contributed by atoms with van der Waals surface area (Å²) in [5.74, 6) is 0.642. The van der Waals surface area contributed by atoms with Crippen molar-refractivity contribution in [1.29, 1.82) is 0 Å². The predicted molar refractivity (Wildman–Crippen MR) is 39.2 cm³/mol. The average molecular weight is 126 g/mol. The third-order valence-corrected chi connectivity index (χ3v) is 1.38. The van der Waals surface area contributed by atoms with E-state index in [0.717, 1.165) is 12.7 Å². The van der Waals surface area contributed by atoms with Gasteiger partial charge in [-0.25, -0.2) is 0 Å². The molecule has 0 heterocycles. The van der Waals surface area contributed by atoms with Gasteiger partial charge in [-0.1, -0.05) is 19.9 Å². The van der Waals surface area contributed by atoms with Gasteiger partial charge in [-0.3, -0.25) is 0 Å². The molecular formula is C8H14O. The Morgan fingerprint density at radius 1 is 1.44 bits per heavy atom. The smallest absolute Gasteiger partial charge is 0.122 e. The van der Waals surface area contributed by atoms with Crippen molar-refractivity contribution in [2.45, 2.75) is 20.3 Å². The number of rotatable bonds is 4. The van der Waals surface area contributed by atoms with Gasteiger partial charge in [0.15, 0.2) is 0 Å². The van der Waals surface area contributed by atoms with Gasteiger partial charge < -0.3 is 4.79 Å². The largest absolute Gasteiger partial charge is 0.303 e. The van der Waals surface area contributed by atoms with E-state index in [1.54, 1.807) is 0 Å². The first-order chi connectivity index (χ1) is 4.20. The summed E-state index contributed by atoms with van der Waals surface area (Å²) >= 11 is 0. The maximum atomic E-state index is 10.1. The molecule has 9 heavy (non-hydrogen) atoms. The standard InChI is InChI=1S/C8H14O/c1-4-7(2)5-8(3)6-9/h4,6-8H,1,5H2,2-3H3/t7-,8-/m1/s1. The lowest BCUT2D eigenvalue weighted by molar-refractivity contribution is -0.110. The van der Waals surface area contributed by atoms with Crippen LogP contribution in [0.5, 0.6) is 0 Å². The molecular weight excluding hydrogens is 112 g/mol. The van der Waals surface area contributed by atoms with Crippen molar-refractivity contribution in [3.8, 4) is 0 Å². The van der Waals surface area contributed by atoms with E-state index in [1.165, 1.54) is 0 Å². The Kier molecular flexibility index (Phi) is 4.02. The molecule has 1 heteroatoms. The average Bonchev–Trinajstić information content (AvgIpc) is 1.87. The van der Waals surface area contributed by atoms with E-state index < -0.39 is 0 Å². The number of hydrogen-bond donors (Lipinski definition) is 0. The fourth-order valence-corrected chi connectivity index (χ4v) is 0.738. The Labute approximate surface area is 56.8 Å². The Morgan fingerprint density at radius 2 is 2.00 bits per heavy atom. The van der Waals surface area contributed by atoms with E-state index in [0.29, 0.717) is 5.92 Å². The lowest BCUT2D eigenvalue weighted by Gasteiger charge is -2.06. The molecule has 0 radical (unpaired) electrons. The summed E-state index contributed by atoms with van der Waals surface area (Å²) < 4.78 is 0. The third kappa shape index (κ3) is 3.95. The van der Waals surface area contributed by atoms with Gasteiger partial charge in [0.1, 0.15) is 6.29 Å². The quantitative estimate of drug-likeness (QED) is 0.416. The highest BCUT2D eigenvalue weighted by atomic mass is 16.1. The van der Waals surface area contributed by atoms with Crippen LogP contribution in [0.3, 0.4) is 0 Å². The van der Waals surface area contributed by atoms with Crippen LogP contribution in [0.2, 0.25) is 0 Å². The summed E-state index contributed by atoms with van der Waals surface area (Å²) in [5, 5.41) is 0. The van der Waals surface area contributed by atoms with Crippen LogP contribution in [0.4, 0.5) is 0 Å². The van der Waals surface area contributed by atoms with Crippen LogP contribution in [0.25, 0.3) is 0 Å². The summed E-state index contributed by atoms with van der Waals surface area (Å²) in [6.07, 6.45) is 3.78. The lowest BCUT2D eigenvalue weighted by Crippen LogP contribution is -2.00. The normalized spacial score (nSPS) is 16.2. The van der Waals surface area contributed by atoms with Crippen LogP contribution in [0, 0.1) is 11.8 Å². The van der Waals surface area contributed by atoms with Crippen molar-refractivity contribution < 1.29 is 4.79 Å². The van der Waals surface area contributed by atoms with Crippen LogP contribution in [-0.2, 0) is 4.79 Å². The SMILES string of the molecule is C=C[C@@H](C)C[C@@H](C)C=O. The minimum Gasteiger partial charge on any atom is -0.303 e. The molecule has 0 aliphatic carbocycles. The fourth-order valence-electron chi connectivity index (χ4n) is 0.738. The number of allylic oxidation sites excluding steroid dienone is 1. The first kappa shape index (κ1) is 8.41. The van der Waals surface area contributed by atoms with Gasteiger partial charge in [0.05, 0.1) is 0 Å². The van der Waals surface area contributed by atoms with Crippen molar-refractivity contribution in [1.82, 2.24) is 0 Å². The van der Waals surface area contributed by atoms with E-state index >= 15 is 0 Å². The first-order valence-electron chi connectivity index (χ1n) is 3.28. The second-order valence-corrected chi connectivity index (χ2v) is 2.56. The highest BCUT2D eigenvalue weighted by Crippen LogP contribution is 2.09. The Hall–Kier alpha value is -0.590. The number of hydrogen-bond acceptors (Lipinski definition) is 1. The zero-order chi connectivity index (χ0) is 7.28. The molecule has 0 fully saturated rings. The Morgan fingerprint density at radius 3 is 2.33 bits per heavy atom. The van der Waals surface area contributed by atoms with Crippen molar-refractivity contribution in [3.63, 3.8) is 0 Å². The van der Waals surface area contributed by atoms with E-state index in [1.807, 2.05) is 13.0 Å². The van der Waals surface area contributed by atoms with Crippen molar-refractivity contribution in [2.24, 2.45) is 11.8 Å². The van der Waals surface area contributed by atoms with Crippen LogP contribution >= 0.6 is 0 Å². The molecule has 0 aromatic carbocycles. The molecule has 0 aliphatic heterocycles. The van der Waals surface area contributed by atoms with Gasteiger partial charge in [-0.2, -0.15) is 0 Å². The second-order valence-electron chi connectivity index (χ2n) is 2.56. The molecule has 0 aliphatic rings. The fraction of sp³-hybridized carbons (Fsp3) is 0.625. The van der Waals surface area contributed by atoms with Crippen LogP contribution in [0.15, 0.2) is 12.7 Å². The predicted octanol–water partition coefficient (Wildman–Crippen LogP) is 2.03. The summed E-state index contributed by atoms with van der Waals surface area (Å²) in [6.45, 7) is 7.62. The van der Waals surface area contributed by atoms with E-state index in [-0.39, 0.29) is 5.92 Å². The maximum absolute atomic E-state index is 10.1. The Balaban J connectivity index is 3.45. The monoisotopic (exact) mass is 126 g/mol. The number of carbonyl (C=O) groups is 1. The second kappa shape index (κ2) is 4.30. The molecule has 0 saturated carbocycles. The molecule has 1 nitrogen and oxygen atoms in total. The van der Waals surface area contributed by atoms with Crippen molar-refractivity contribution in [2.75, 3.05) is 0 Å². The number of aldehydes is 1. The summed E-state index contributed by atoms with van der Waals surface area (Å²) in [6, 6.07) is 0. The molecule has 0 bridgehead atoms. The minimum absolute atomic E-state index is 0.179. The van der Waals surface area contributed by atoms with Gasteiger partial charge in [0, 0.05) is 5.92 Å². The van der Waals surface area contributed by atoms with Crippen LogP contribution in [0.1, 0.15) is 20.3 Å². The van der Waals surface area contributed by atoms with Gasteiger partial charge in [-0.15, -0.1) is 6.58 Å². The van der Waals surface area contributed by atoms with Crippen molar-refractivity contribution >= 4 is 6.29 Å². The summed E-state index contributed by atoms with van der Waals surface area (Å²) in [7, 11) is 0. The van der Waals surface area contributed by atoms with Crippen LogP contribution < -0.4 is 0 Å². The zero-order valence-corrected chi connectivity index (χ0v) is 6.13. The number of carbonyl (C=O) groups excluding carboxylic acids is 1. The van der Waals surface area contributed by atoms with Gasteiger partial charge >= 0.3 is 0 Å².